The number of phenolic OH excluding ortho intramolecular Hbond substituents is 1. The molecule has 1 fully saturated rings. The number of hydrogen-bond donors (Lipinski definition) is 1. The van der Waals surface area contributed by atoms with E-state index >= 15 is 0 Å². The summed E-state index contributed by atoms with van der Waals surface area (Å²) in [6.07, 6.45) is 0. The molecule has 1 saturated heterocycles. The smallest absolute Gasteiger partial charge is 0.322 e. The average Bonchev–Trinajstić information content (AvgIpc) is 2.46. The summed E-state index contributed by atoms with van der Waals surface area (Å²) in [6, 6.07) is 7.02. The third kappa shape index (κ3) is 3.17. The number of methoxy groups -OCH3 is 1. The van der Waals surface area contributed by atoms with Crippen molar-refractivity contribution in [1.29, 1.82) is 0 Å². The summed E-state index contributed by atoms with van der Waals surface area (Å²) in [7, 11) is 1.42. The molecular formula is C14H20N2O3. The minimum atomic E-state index is -0.188. The zero-order chi connectivity index (χ0) is 13.8. The Morgan fingerprint density at radius 3 is 2.32 bits per heavy atom. The van der Waals surface area contributed by atoms with E-state index in [0.717, 1.165) is 31.9 Å². The van der Waals surface area contributed by atoms with Crippen LogP contribution in [0.1, 0.15) is 6.92 Å². The number of nitrogens with zero attached hydrogens (tertiary/aromatic N) is 2. The van der Waals surface area contributed by atoms with Gasteiger partial charge in [0.15, 0.2) is 0 Å². The molecule has 0 amide bonds. The summed E-state index contributed by atoms with van der Waals surface area (Å²) in [5.74, 6) is 0.0970. The van der Waals surface area contributed by atoms with Gasteiger partial charge in [0.05, 0.1) is 7.11 Å². The highest BCUT2D eigenvalue weighted by Gasteiger charge is 2.25. The Balaban J connectivity index is 1.92. The molecule has 104 valence electrons. The third-order valence-electron chi connectivity index (χ3n) is 3.62. The summed E-state index contributed by atoms with van der Waals surface area (Å²) in [6.45, 7) is 5.27. The second-order valence-electron chi connectivity index (χ2n) is 4.74. The van der Waals surface area contributed by atoms with Crippen LogP contribution in [0.2, 0.25) is 0 Å². The molecule has 5 nitrogen and oxygen atoms in total. The van der Waals surface area contributed by atoms with Crippen LogP contribution in [0.5, 0.6) is 5.75 Å². The maximum atomic E-state index is 11.5. The Morgan fingerprint density at radius 1 is 1.21 bits per heavy atom. The first-order chi connectivity index (χ1) is 9.11. The van der Waals surface area contributed by atoms with Crippen molar-refractivity contribution in [2.24, 2.45) is 0 Å². The second kappa shape index (κ2) is 5.93. The van der Waals surface area contributed by atoms with E-state index in [1.807, 2.05) is 19.1 Å². The van der Waals surface area contributed by atoms with Gasteiger partial charge in [-0.2, -0.15) is 0 Å². The fourth-order valence-corrected chi connectivity index (χ4v) is 2.35. The zero-order valence-electron chi connectivity index (χ0n) is 11.4. The van der Waals surface area contributed by atoms with Crippen molar-refractivity contribution in [3.05, 3.63) is 24.3 Å². The lowest BCUT2D eigenvalue weighted by atomic mass is 10.2. The van der Waals surface area contributed by atoms with E-state index < -0.39 is 0 Å². The molecule has 19 heavy (non-hydrogen) atoms. The largest absolute Gasteiger partial charge is 0.508 e. The number of esters is 1. The van der Waals surface area contributed by atoms with Crippen LogP contribution in [-0.2, 0) is 9.53 Å². The lowest BCUT2D eigenvalue weighted by Crippen LogP contribution is -2.52. The molecule has 1 aliphatic heterocycles. The van der Waals surface area contributed by atoms with Gasteiger partial charge in [-0.15, -0.1) is 0 Å². The van der Waals surface area contributed by atoms with Gasteiger partial charge in [-0.3, -0.25) is 9.69 Å². The van der Waals surface area contributed by atoms with E-state index in [9.17, 15) is 9.90 Å². The first-order valence-electron chi connectivity index (χ1n) is 6.47. The summed E-state index contributed by atoms with van der Waals surface area (Å²) < 4.78 is 4.77. The van der Waals surface area contributed by atoms with Crippen molar-refractivity contribution in [2.75, 3.05) is 38.2 Å². The first kappa shape index (κ1) is 13.7. The Hall–Kier alpha value is -1.75. The monoisotopic (exact) mass is 264 g/mol. The van der Waals surface area contributed by atoms with E-state index in [2.05, 4.69) is 9.80 Å². The molecule has 1 aromatic carbocycles. The van der Waals surface area contributed by atoms with Gasteiger partial charge < -0.3 is 14.7 Å². The van der Waals surface area contributed by atoms with E-state index in [4.69, 9.17) is 4.74 Å². The van der Waals surface area contributed by atoms with Crippen LogP contribution in [0, 0.1) is 0 Å². The van der Waals surface area contributed by atoms with E-state index in [1.54, 1.807) is 12.1 Å². The summed E-state index contributed by atoms with van der Waals surface area (Å²) >= 11 is 0. The SMILES string of the molecule is COC(=O)C(C)N1CCN(c2ccc(O)cc2)CC1. The van der Waals surface area contributed by atoms with Crippen LogP contribution >= 0.6 is 0 Å². The maximum absolute atomic E-state index is 11.5. The molecule has 1 heterocycles. The fourth-order valence-electron chi connectivity index (χ4n) is 2.35. The molecule has 1 N–H and O–H groups in total. The Kier molecular flexibility index (Phi) is 4.27. The van der Waals surface area contributed by atoms with Gasteiger partial charge in [0.25, 0.3) is 0 Å². The van der Waals surface area contributed by atoms with Crippen LogP contribution in [0.15, 0.2) is 24.3 Å². The number of phenols is 1. The number of hydrogen-bond acceptors (Lipinski definition) is 5. The minimum Gasteiger partial charge on any atom is -0.508 e. The number of carbonyl (C=O) groups excluding carboxylic acids is 1. The molecule has 0 radical (unpaired) electrons. The first-order valence-corrected chi connectivity index (χ1v) is 6.47. The van der Waals surface area contributed by atoms with Crippen molar-refractivity contribution >= 4 is 11.7 Å². The van der Waals surface area contributed by atoms with Crippen molar-refractivity contribution in [1.82, 2.24) is 4.90 Å². The molecule has 0 aliphatic carbocycles. The maximum Gasteiger partial charge on any atom is 0.322 e. The molecule has 0 saturated carbocycles. The number of ether oxygens (including phenoxy) is 1. The second-order valence-corrected chi connectivity index (χ2v) is 4.74. The lowest BCUT2D eigenvalue weighted by molar-refractivity contribution is -0.146. The van der Waals surface area contributed by atoms with Crippen molar-refractivity contribution < 1.29 is 14.6 Å². The van der Waals surface area contributed by atoms with Gasteiger partial charge >= 0.3 is 5.97 Å². The van der Waals surface area contributed by atoms with Gasteiger partial charge in [0.1, 0.15) is 11.8 Å². The van der Waals surface area contributed by atoms with Crippen LogP contribution in [0.25, 0.3) is 0 Å². The molecule has 2 rings (SSSR count). The number of piperazine rings is 1. The van der Waals surface area contributed by atoms with E-state index in [-0.39, 0.29) is 17.8 Å². The molecule has 0 bridgehead atoms. The summed E-state index contributed by atoms with van der Waals surface area (Å²) in [4.78, 5) is 15.9. The van der Waals surface area contributed by atoms with Gasteiger partial charge in [-0.05, 0) is 31.2 Å². The molecule has 0 spiro atoms. The zero-order valence-corrected chi connectivity index (χ0v) is 11.4. The highest BCUT2D eigenvalue weighted by molar-refractivity contribution is 5.75. The van der Waals surface area contributed by atoms with Gasteiger partial charge in [-0.25, -0.2) is 0 Å². The normalized spacial score (nSPS) is 18.1. The standard InChI is InChI=1S/C14H20N2O3/c1-11(14(18)19-2)15-7-9-16(10-8-15)12-3-5-13(17)6-4-12/h3-6,11,17H,7-10H2,1-2H3. The van der Waals surface area contributed by atoms with Gasteiger partial charge in [0, 0.05) is 31.9 Å². The topological polar surface area (TPSA) is 53.0 Å². The molecule has 1 aliphatic rings. The van der Waals surface area contributed by atoms with E-state index in [0.29, 0.717) is 0 Å². The van der Waals surface area contributed by atoms with Crippen LogP contribution in [-0.4, -0.2) is 55.3 Å². The molecule has 1 atom stereocenters. The molecule has 1 aromatic rings. The summed E-state index contributed by atoms with van der Waals surface area (Å²) in [5.41, 5.74) is 1.10. The highest BCUT2D eigenvalue weighted by atomic mass is 16.5. The predicted molar refractivity (Wildman–Crippen MR) is 73.4 cm³/mol. The van der Waals surface area contributed by atoms with Gasteiger partial charge in [0.2, 0.25) is 0 Å². The Bertz CT molecular complexity index is 425. The number of benzene rings is 1. The van der Waals surface area contributed by atoms with E-state index in [1.165, 1.54) is 7.11 Å². The Labute approximate surface area is 113 Å². The number of anilines is 1. The van der Waals surface area contributed by atoms with Crippen LogP contribution in [0.3, 0.4) is 0 Å². The summed E-state index contributed by atoms with van der Waals surface area (Å²) in [5, 5.41) is 9.28. The van der Waals surface area contributed by atoms with Crippen molar-refractivity contribution in [2.45, 2.75) is 13.0 Å². The number of rotatable bonds is 3. The Morgan fingerprint density at radius 2 is 1.79 bits per heavy atom. The third-order valence-corrected chi connectivity index (χ3v) is 3.62. The lowest BCUT2D eigenvalue weighted by Gasteiger charge is -2.38. The number of carbonyl (C=O) groups is 1. The molecule has 0 aromatic heterocycles. The predicted octanol–water partition coefficient (Wildman–Crippen LogP) is 1.08. The highest BCUT2D eigenvalue weighted by Crippen LogP contribution is 2.20. The van der Waals surface area contributed by atoms with Crippen molar-refractivity contribution in [3.8, 4) is 5.75 Å². The van der Waals surface area contributed by atoms with Crippen LogP contribution in [0.4, 0.5) is 5.69 Å². The fraction of sp³-hybridized carbons (Fsp3) is 0.500. The van der Waals surface area contributed by atoms with Gasteiger partial charge in [-0.1, -0.05) is 0 Å². The average molecular weight is 264 g/mol. The molecule has 5 heteroatoms. The minimum absolute atomic E-state index is 0.182. The molecular weight excluding hydrogens is 244 g/mol. The molecule has 1 unspecified atom stereocenters. The number of aromatic hydroxyl groups is 1. The van der Waals surface area contributed by atoms with Crippen molar-refractivity contribution in [3.63, 3.8) is 0 Å². The quantitative estimate of drug-likeness (QED) is 0.828. The van der Waals surface area contributed by atoms with Crippen LogP contribution < -0.4 is 4.90 Å².